The van der Waals surface area contributed by atoms with Gasteiger partial charge in [-0.1, -0.05) is 26.0 Å². The average Bonchev–Trinajstić information content (AvgIpc) is 2.88. The van der Waals surface area contributed by atoms with Gasteiger partial charge in [-0.2, -0.15) is 5.10 Å². The standard InChI is InChI=1S/C17H23N3O/c1-12(2)9-14-11-17-18-8-7-16(20(17)19-14)13-5-4-6-15(10-13)21-3/h4-6,10-12,16,18H,7-9H2,1-3H3. The summed E-state index contributed by atoms with van der Waals surface area (Å²) in [6, 6.07) is 10.8. The molecule has 0 fully saturated rings. The van der Waals surface area contributed by atoms with E-state index in [1.54, 1.807) is 7.11 Å². The molecule has 0 bridgehead atoms. The van der Waals surface area contributed by atoms with Gasteiger partial charge in [0.2, 0.25) is 0 Å². The Bertz CT molecular complexity index is 618. The van der Waals surface area contributed by atoms with Crippen LogP contribution in [0.4, 0.5) is 5.82 Å². The summed E-state index contributed by atoms with van der Waals surface area (Å²) in [6.45, 7) is 5.44. The normalized spacial score (nSPS) is 17.4. The van der Waals surface area contributed by atoms with Crippen molar-refractivity contribution in [1.29, 1.82) is 0 Å². The molecule has 0 aliphatic carbocycles. The Morgan fingerprint density at radius 1 is 1.38 bits per heavy atom. The van der Waals surface area contributed by atoms with Gasteiger partial charge in [-0.05, 0) is 36.5 Å². The van der Waals surface area contributed by atoms with E-state index in [1.807, 2.05) is 6.07 Å². The lowest BCUT2D eigenvalue weighted by molar-refractivity contribution is 0.411. The summed E-state index contributed by atoms with van der Waals surface area (Å²) in [5.74, 6) is 2.66. The van der Waals surface area contributed by atoms with Gasteiger partial charge in [0.1, 0.15) is 11.6 Å². The molecule has 0 saturated heterocycles. The predicted octanol–water partition coefficient (Wildman–Crippen LogP) is 3.50. The largest absolute Gasteiger partial charge is 0.497 e. The Labute approximate surface area is 126 Å². The minimum Gasteiger partial charge on any atom is -0.497 e. The van der Waals surface area contributed by atoms with E-state index in [0.29, 0.717) is 5.92 Å². The molecule has 2 heterocycles. The molecule has 1 atom stereocenters. The SMILES string of the molecule is COc1cccc(C2CCNc3cc(CC(C)C)nn32)c1. The molecule has 4 nitrogen and oxygen atoms in total. The van der Waals surface area contributed by atoms with Gasteiger partial charge in [-0.3, -0.25) is 0 Å². The Hall–Kier alpha value is -1.97. The molecule has 2 aromatic rings. The average molecular weight is 285 g/mol. The number of aromatic nitrogens is 2. The lowest BCUT2D eigenvalue weighted by atomic mass is 10.0. The summed E-state index contributed by atoms with van der Waals surface area (Å²) in [6.07, 6.45) is 2.06. The molecule has 1 aromatic carbocycles. The van der Waals surface area contributed by atoms with Crippen LogP contribution < -0.4 is 10.1 Å². The van der Waals surface area contributed by atoms with Crippen molar-refractivity contribution in [2.24, 2.45) is 5.92 Å². The molecule has 1 N–H and O–H groups in total. The summed E-state index contributed by atoms with van der Waals surface area (Å²) < 4.78 is 7.48. The smallest absolute Gasteiger partial charge is 0.125 e. The van der Waals surface area contributed by atoms with E-state index >= 15 is 0 Å². The summed E-state index contributed by atoms with van der Waals surface area (Å²) in [4.78, 5) is 0. The number of nitrogens with one attached hydrogen (secondary N) is 1. The van der Waals surface area contributed by atoms with Gasteiger partial charge in [0.05, 0.1) is 18.8 Å². The molecule has 0 spiro atoms. The third-order valence-corrected chi connectivity index (χ3v) is 3.90. The number of nitrogens with zero attached hydrogens (tertiary/aromatic N) is 2. The zero-order valence-electron chi connectivity index (χ0n) is 13.0. The van der Waals surface area contributed by atoms with E-state index in [2.05, 4.69) is 48.1 Å². The summed E-state index contributed by atoms with van der Waals surface area (Å²) in [5.41, 5.74) is 2.43. The van der Waals surface area contributed by atoms with Crippen LogP contribution in [0.1, 0.15) is 37.6 Å². The number of hydrogen-bond donors (Lipinski definition) is 1. The van der Waals surface area contributed by atoms with Crippen LogP contribution in [-0.4, -0.2) is 23.4 Å². The second-order valence-corrected chi connectivity index (χ2v) is 6.07. The fraction of sp³-hybridized carbons (Fsp3) is 0.471. The first-order chi connectivity index (χ1) is 10.2. The maximum atomic E-state index is 5.35. The van der Waals surface area contributed by atoms with E-state index in [-0.39, 0.29) is 6.04 Å². The number of ether oxygens (including phenoxy) is 1. The second-order valence-electron chi connectivity index (χ2n) is 6.07. The van der Waals surface area contributed by atoms with E-state index in [4.69, 9.17) is 9.84 Å². The van der Waals surface area contributed by atoms with Gasteiger partial charge in [-0.15, -0.1) is 0 Å². The number of anilines is 1. The number of benzene rings is 1. The van der Waals surface area contributed by atoms with Crippen molar-refractivity contribution in [1.82, 2.24) is 9.78 Å². The fourth-order valence-electron chi connectivity index (χ4n) is 2.95. The highest BCUT2D eigenvalue weighted by Gasteiger charge is 2.23. The zero-order chi connectivity index (χ0) is 14.8. The van der Waals surface area contributed by atoms with Crippen LogP contribution in [0.15, 0.2) is 30.3 Å². The number of hydrogen-bond acceptors (Lipinski definition) is 3. The summed E-state index contributed by atoms with van der Waals surface area (Å²) in [7, 11) is 1.71. The minimum absolute atomic E-state index is 0.289. The van der Waals surface area contributed by atoms with Crippen molar-refractivity contribution in [2.75, 3.05) is 19.0 Å². The van der Waals surface area contributed by atoms with Crippen molar-refractivity contribution in [2.45, 2.75) is 32.7 Å². The Balaban J connectivity index is 1.93. The van der Waals surface area contributed by atoms with E-state index < -0.39 is 0 Å². The molecule has 1 aliphatic heterocycles. The third-order valence-electron chi connectivity index (χ3n) is 3.90. The topological polar surface area (TPSA) is 39.1 Å². The molecule has 4 heteroatoms. The molecule has 1 aliphatic rings. The second kappa shape index (κ2) is 5.80. The first kappa shape index (κ1) is 14.0. The summed E-state index contributed by atoms with van der Waals surface area (Å²) >= 11 is 0. The number of fused-ring (bicyclic) bond motifs is 1. The minimum atomic E-state index is 0.289. The quantitative estimate of drug-likeness (QED) is 0.934. The van der Waals surface area contributed by atoms with Crippen LogP contribution in [0.3, 0.4) is 0 Å². The molecule has 0 amide bonds. The Morgan fingerprint density at radius 3 is 3.00 bits per heavy atom. The van der Waals surface area contributed by atoms with Gasteiger partial charge < -0.3 is 10.1 Å². The lowest BCUT2D eigenvalue weighted by Crippen LogP contribution is -2.24. The molecular formula is C17H23N3O. The van der Waals surface area contributed by atoms with Crippen molar-refractivity contribution in [3.63, 3.8) is 0 Å². The van der Waals surface area contributed by atoms with Crippen LogP contribution >= 0.6 is 0 Å². The Kier molecular flexibility index (Phi) is 3.86. The van der Waals surface area contributed by atoms with Crippen molar-refractivity contribution in [3.05, 3.63) is 41.6 Å². The third kappa shape index (κ3) is 2.89. The number of methoxy groups -OCH3 is 1. The van der Waals surface area contributed by atoms with E-state index in [9.17, 15) is 0 Å². The van der Waals surface area contributed by atoms with E-state index in [0.717, 1.165) is 31.0 Å². The molecule has 1 unspecified atom stereocenters. The monoisotopic (exact) mass is 285 g/mol. The summed E-state index contributed by atoms with van der Waals surface area (Å²) in [5, 5.41) is 8.27. The van der Waals surface area contributed by atoms with Crippen LogP contribution in [0.5, 0.6) is 5.75 Å². The van der Waals surface area contributed by atoms with Gasteiger partial charge in [-0.25, -0.2) is 4.68 Å². The maximum Gasteiger partial charge on any atom is 0.125 e. The molecule has 3 rings (SSSR count). The molecule has 112 valence electrons. The van der Waals surface area contributed by atoms with Crippen molar-refractivity contribution < 1.29 is 4.74 Å². The molecule has 0 radical (unpaired) electrons. The van der Waals surface area contributed by atoms with Crippen molar-refractivity contribution in [3.8, 4) is 5.75 Å². The van der Waals surface area contributed by atoms with Crippen LogP contribution in [0.2, 0.25) is 0 Å². The lowest BCUT2D eigenvalue weighted by Gasteiger charge is -2.26. The van der Waals surface area contributed by atoms with Crippen LogP contribution in [-0.2, 0) is 6.42 Å². The van der Waals surface area contributed by atoms with Gasteiger partial charge in [0.25, 0.3) is 0 Å². The fourth-order valence-corrected chi connectivity index (χ4v) is 2.95. The molecule has 1 aromatic heterocycles. The van der Waals surface area contributed by atoms with Gasteiger partial charge in [0.15, 0.2) is 0 Å². The first-order valence-corrected chi connectivity index (χ1v) is 7.63. The van der Waals surface area contributed by atoms with Crippen molar-refractivity contribution >= 4 is 5.82 Å². The maximum absolute atomic E-state index is 5.35. The Morgan fingerprint density at radius 2 is 2.24 bits per heavy atom. The number of rotatable bonds is 4. The highest BCUT2D eigenvalue weighted by Crippen LogP contribution is 2.31. The van der Waals surface area contributed by atoms with E-state index in [1.165, 1.54) is 11.3 Å². The molecular weight excluding hydrogens is 262 g/mol. The molecule has 0 saturated carbocycles. The highest BCUT2D eigenvalue weighted by molar-refractivity contribution is 5.42. The first-order valence-electron chi connectivity index (χ1n) is 7.63. The van der Waals surface area contributed by atoms with Crippen LogP contribution in [0, 0.1) is 5.92 Å². The van der Waals surface area contributed by atoms with Crippen LogP contribution in [0.25, 0.3) is 0 Å². The predicted molar refractivity (Wildman–Crippen MR) is 85.0 cm³/mol. The molecule has 21 heavy (non-hydrogen) atoms. The zero-order valence-corrected chi connectivity index (χ0v) is 13.0. The van der Waals surface area contributed by atoms with Gasteiger partial charge in [0, 0.05) is 12.6 Å². The highest BCUT2D eigenvalue weighted by atomic mass is 16.5. The van der Waals surface area contributed by atoms with Gasteiger partial charge >= 0.3 is 0 Å².